The lowest BCUT2D eigenvalue weighted by Gasteiger charge is -2.56. The molecule has 1 aliphatic heterocycles. The zero-order valence-electron chi connectivity index (χ0n) is 14.0. The van der Waals surface area contributed by atoms with Gasteiger partial charge in [0.1, 0.15) is 0 Å². The number of halogens is 1. The minimum absolute atomic E-state index is 0.000635. The molecule has 5 heteroatoms. The molecule has 23 heavy (non-hydrogen) atoms. The number of aliphatic hydroxyl groups excluding tert-OH is 1. The van der Waals surface area contributed by atoms with Crippen molar-refractivity contribution < 1.29 is 9.90 Å². The summed E-state index contributed by atoms with van der Waals surface area (Å²) in [5.41, 5.74) is 1.99. The van der Waals surface area contributed by atoms with Gasteiger partial charge in [-0.25, -0.2) is 0 Å². The van der Waals surface area contributed by atoms with Crippen LogP contribution in [0.4, 0.5) is 5.69 Å². The molecule has 2 fully saturated rings. The van der Waals surface area contributed by atoms with Crippen LogP contribution in [0, 0.1) is 23.7 Å². The number of amides is 1. The highest BCUT2D eigenvalue weighted by molar-refractivity contribution is 6.31. The number of fused-ring (bicyclic) bond motifs is 1. The van der Waals surface area contributed by atoms with Crippen LogP contribution in [0.1, 0.15) is 25.8 Å². The highest BCUT2D eigenvalue weighted by Gasteiger charge is 2.62. The average Bonchev–Trinajstić information content (AvgIpc) is 2.77. The summed E-state index contributed by atoms with van der Waals surface area (Å²) in [7, 11) is 0. The molecule has 1 aliphatic carbocycles. The van der Waals surface area contributed by atoms with E-state index < -0.39 is 0 Å². The van der Waals surface area contributed by atoms with Crippen molar-refractivity contribution in [3.8, 4) is 0 Å². The fourth-order valence-corrected chi connectivity index (χ4v) is 4.81. The summed E-state index contributed by atoms with van der Waals surface area (Å²) in [4.78, 5) is 14.5. The van der Waals surface area contributed by atoms with Gasteiger partial charge < -0.3 is 10.4 Å². The minimum atomic E-state index is -0.0149. The number of carbonyl (C=O) groups excluding carboxylic acids is 1. The highest BCUT2D eigenvalue weighted by Crippen LogP contribution is 2.62. The van der Waals surface area contributed by atoms with Gasteiger partial charge in [-0.3, -0.25) is 9.69 Å². The van der Waals surface area contributed by atoms with Crippen LogP contribution in [0.5, 0.6) is 0 Å². The second-order valence-corrected chi connectivity index (χ2v) is 8.33. The van der Waals surface area contributed by atoms with Crippen molar-refractivity contribution in [3.05, 3.63) is 28.8 Å². The summed E-state index contributed by atoms with van der Waals surface area (Å²) in [5, 5.41) is 13.4. The summed E-state index contributed by atoms with van der Waals surface area (Å²) in [6.45, 7) is 8.72. The van der Waals surface area contributed by atoms with Gasteiger partial charge in [-0.2, -0.15) is 0 Å². The molecule has 126 valence electrons. The molecule has 0 spiro atoms. The molecule has 0 aromatic heterocycles. The first-order chi connectivity index (χ1) is 10.8. The Balaban J connectivity index is 1.60. The zero-order valence-corrected chi connectivity index (χ0v) is 14.8. The van der Waals surface area contributed by atoms with E-state index in [1.54, 1.807) is 6.07 Å². The van der Waals surface area contributed by atoms with Crippen molar-refractivity contribution in [1.29, 1.82) is 0 Å². The first-order valence-corrected chi connectivity index (χ1v) is 8.53. The van der Waals surface area contributed by atoms with Crippen LogP contribution in [0.2, 0.25) is 5.02 Å². The van der Waals surface area contributed by atoms with Gasteiger partial charge in [-0.05, 0) is 48.4 Å². The third-order valence-electron chi connectivity index (χ3n) is 5.59. The van der Waals surface area contributed by atoms with Crippen LogP contribution in [0.3, 0.4) is 0 Å². The molecule has 3 rings (SSSR count). The van der Waals surface area contributed by atoms with Crippen LogP contribution in [0.25, 0.3) is 0 Å². The Bertz CT molecular complexity index is 631. The lowest BCUT2D eigenvalue weighted by Crippen LogP contribution is -2.54. The summed E-state index contributed by atoms with van der Waals surface area (Å²) < 4.78 is 0. The van der Waals surface area contributed by atoms with Gasteiger partial charge in [0.15, 0.2) is 0 Å². The molecule has 2 atom stereocenters. The molecule has 1 aromatic carbocycles. The maximum absolute atomic E-state index is 12.3. The molecule has 1 heterocycles. The molecule has 2 aliphatic rings. The summed E-state index contributed by atoms with van der Waals surface area (Å²) in [6.07, 6.45) is 1.04. The zero-order chi connectivity index (χ0) is 16.8. The Hall–Kier alpha value is -1.10. The van der Waals surface area contributed by atoms with E-state index in [1.165, 1.54) is 0 Å². The van der Waals surface area contributed by atoms with E-state index in [-0.39, 0.29) is 23.3 Å². The number of anilines is 1. The monoisotopic (exact) mass is 336 g/mol. The van der Waals surface area contributed by atoms with Crippen LogP contribution in [-0.2, 0) is 4.79 Å². The van der Waals surface area contributed by atoms with E-state index in [2.05, 4.69) is 24.1 Å². The second-order valence-electron chi connectivity index (χ2n) is 7.92. The van der Waals surface area contributed by atoms with Crippen LogP contribution in [0.15, 0.2) is 18.2 Å². The number of aliphatic hydroxyl groups is 1. The van der Waals surface area contributed by atoms with E-state index >= 15 is 0 Å². The van der Waals surface area contributed by atoms with E-state index in [4.69, 9.17) is 11.6 Å². The molecule has 1 aromatic rings. The molecular formula is C18H25ClN2O2. The Morgan fingerprint density at radius 1 is 1.48 bits per heavy atom. The summed E-state index contributed by atoms with van der Waals surface area (Å²) in [5.74, 6) is 0.462. The van der Waals surface area contributed by atoms with Crippen LogP contribution < -0.4 is 5.32 Å². The van der Waals surface area contributed by atoms with Gasteiger partial charge in [-0.1, -0.05) is 25.4 Å². The van der Waals surface area contributed by atoms with E-state index in [9.17, 15) is 9.90 Å². The molecule has 4 nitrogen and oxygen atoms in total. The second kappa shape index (κ2) is 5.76. The lowest BCUT2D eigenvalue weighted by atomic mass is 9.48. The number of hydrogen-bond donors (Lipinski definition) is 2. The van der Waals surface area contributed by atoms with Crippen LogP contribution in [-0.4, -0.2) is 42.2 Å². The maximum atomic E-state index is 12.3. The number of nitrogens with zero attached hydrogens (tertiary/aromatic N) is 1. The number of likely N-dealkylation sites (tertiary alicyclic amines) is 1. The molecular weight excluding hydrogens is 312 g/mol. The molecule has 0 unspecified atom stereocenters. The van der Waals surface area contributed by atoms with Gasteiger partial charge in [0.2, 0.25) is 5.91 Å². The molecule has 1 saturated carbocycles. The quantitative estimate of drug-likeness (QED) is 0.889. The Kier molecular flexibility index (Phi) is 4.20. The standard InChI is InChI=1S/C18H25ClN2O2/c1-12-6-13(4-5-14(12)19)20-16(23)8-21-7-15-17(2,3)9-18(15,10-21)11-22/h4-6,15,22H,7-11H2,1-3H3,(H,20,23)/t15-,18-/m1/s1. The van der Waals surface area contributed by atoms with Crippen LogP contribution >= 0.6 is 11.6 Å². The Labute approximate surface area is 142 Å². The number of aryl methyl sites for hydroxylation is 1. The van der Waals surface area contributed by atoms with Crippen molar-refractivity contribution >= 4 is 23.2 Å². The number of rotatable bonds is 4. The van der Waals surface area contributed by atoms with Crippen molar-refractivity contribution in [2.75, 3.05) is 31.6 Å². The van der Waals surface area contributed by atoms with Gasteiger partial charge in [-0.15, -0.1) is 0 Å². The maximum Gasteiger partial charge on any atom is 0.238 e. The van der Waals surface area contributed by atoms with Crippen molar-refractivity contribution in [2.24, 2.45) is 16.7 Å². The first kappa shape index (κ1) is 16.7. The third kappa shape index (κ3) is 3.00. The third-order valence-corrected chi connectivity index (χ3v) is 6.02. The van der Waals surface area contributed by atoms with E-state index in [1.807, 2.05) is 19.1 Å². The number of nitrogens with one attached hydrogen (secondary N) is 1. The van der Waals surface area contributed by atoms with Gasteiger partial charge >= 0.3 is 0 Å². The largest absolute Gasteiger partial charge is 0.396 e. The number of hydrogen-bond acceptors (Lipinski definition) is 3. The Morgan fingerprint density at radius 2 is 2.22 bits per heavy atom. The molecule has 0 radical (unpaired) electrons. The summed E-state index contributed by atoms with van der Waals surface area (Å²) in [6, 6.07) is 5.50. The fraction of sp³-hybridized carbons (Fsp3) is 0.611. The minimum Gasteiger partial charge on any atom is -0.396 e. The Morgan fingerprint density at radius 3 is 2.78 bits per heavy atom. The van der Waals surface area contributed by atoms with Gasteiger partial charge in [0.25, 0.3) is 0 Å². The predicted octanol–water partition coefficient (Wildman–Crippen LogP) is 2.93. The van der Waals surface area contributed by atoms with Crippen molar-refractivity contribution in [1.82, 2.24) is 4.90 Å². The molecule has 2 N–H and O–H groups in total. The smallest absolute Gasteiger partial charge is 0.238 e. The fourth-order valence-electron chi connectivity index (χ4n) is 4.69. The average molecular weight is 337 g/mol. The molecule has 1 amide bonds. The van der Waals surface area contributed by atoms with E-state index in [0.717, 1.165) is 30.8 Å². The van der Waals surface area contributed by atoms with Gasteiger partial charge in [0, 0.05) is 29.2 Å². The number of carbonyl (C=O) groups is 1. The first-order valence-electron chi connectivity index (χ1n) is 8.15. The van der Waals surface area contributed by atoms with Crippen molar-refractivity contribution in [3.63, 3.8) is 0 Å². The summed E-state index contributed by atoms with van der Waals surface area (Å²) >= 11 is 6.01. The lowest BCUT2D eigenvalue weighted by molar-refractivity contribution is -0.117. The predicted molar refractivity (Wildman–Crippen MR) is 92.7 cm³/mol. The number of benzene rings is 1. The van der Waals surface area contributed by atoms with Gasteiger partial charge in [0.05, 0.1) is 13.2 Å². The van der Waals surface area contributed by atoms with E-state index in [0.29, 0.717) is 17.5 Å². The topological polar surface area (TPSA) is 52.6 Å². The highest BCUT2D eigenvalue weighted by atomic mass is 35.5. The SMILES string of the molecule is Cc1cc(NC(=O)CN2C[C@@H]3C(C)(C)C[C@]3(CO)C2)ccc1Cl. The van der Waals surface area contributed by atoms with Crippen molar-refractivity contribution in [2.45, 2.75) is 27.2 Å². The molecule has 0 bridgehead atoms. The molecule has 1 saturated heterocycles. The normalized spacial score (nSPS) is 29.0.